The Morgan fingerprint density at radius 3 is 2.14 bits per heavy atom. The van der Waals surface area contributed by atoms with Crippen molar-refractivity contribution in [2.75, 3.05) is 12.0 Å². The van der Waals surface area contributed by atoms with E-state index in [0.29, 0.717) is 11.1 Å². The molecule has 0 saturated carbocycles. The van der Waals surface area contributed by atoms with Crippen LogP contribution in [-0.2, 0) is 4.43 Å². The number of hydrogen-bond acceptors (Lipinski definition) is 2. The Kier molecular flexibility index (Phi) is 5.78. The van der Waals surface area contributed by atoms with Crippen molar-refractivity contribution in [2.24, 2.45) is 0 Å². The minimum Gasteiger partial charge on any atom is -0.414 e. The van der Waals surface area contributed by atoms with Crippen molar-refractivity contribution in [1.29, 1.82) is 0 Å². The van der Waals surface area contributed by atoms with E-state index in [-0.39, 0.29) is 0 Å². The minimum absolute atomic E-state index is 0.334. The highest BCUT2D eigenvalue weighted by Crippen LogP contribution is 2.37. The standard InChI is InChI=1S/C11H26OSSi/c1-10(8-9-13-5)12-14(6,7)11(2,3)4/h10H,8-9H2,1-7H3/t10-/m1/s1. The van der Waals surface area contributed by atoms with Crippen LogP contribution in [0.1, 0.15) is 34.1 Å². The average Bonchev–Trinajstić information content (AvgIpc) is 1.97. The molecule has 0 saturated heterocycles. The predicted molar refractivity (Wildman–Crippen MR) is 70.7 cm³/mol. The molecule has 0 N–H and O–H groups in total. The maximum Gasteiger partial charge on any atom is 0.192 e. The van der Waals surface area contributed by atoms with E-state index in [2.05, 4.69) is 47.0 Å². The first-order chi connectivity index (χ1) is 6.20. The molecule has 0 rings (SSSR count). The van der Waals surface area contributed by atoms with Gasteiger partial charge in [0.25, 0.3) is 0 Å². The van der Waals surface area contributed by atoms with Gasteiger partial charge in [0.15, 0.2) is 8.32 Å². The molecule has 0 bridgehead atoms. The fraction of sp³-hybridized carbons (Fsp3) is 1.00. The Bertz CT molecular complexity index is 163. The van der Waals surface area contributed by atoms with Crippen LogP contribution in [0.4, 0.5) is 0 Å². The van der Waals surface area contributed by atoms with Crippen LogP contribution in [0.15, 0.2) is 0 Å². The van der Waals surface area contributed by atoms with Crippen LogP contribution in [0.5, 0.6) is 0 Å². The molecular weight excluding hydrogens is 208 g/mol. The molecule has 3 heteroatoms. The maximum absolute atomic E-state index is 6.23. The topological polar surface area (TPSA) is 9.23 Å². The molecule has 0 fully saturated rings. The van der Waals surface area contributed by atoms with Gasteiger partial charge in [-0.1, -0.05) is 20.8 Å². The van der Waals surface area contributed by atoms with Crippen molar-refractivity contribution < 1.29 is 4.43 Å². The summed E-state index contributed by atoms with van der Waals surface area (Å²) in [6.07, 6.45) is 3.75. The lowest BCUT2D eigenvalue weighted by molar-refractivity contribution is 0.196. The molecule has 1 nitrogen and oxygen atoms in total. The Hall–Kier alpha value is 0.527. The fourth-order valence-electron chi connectivity index (χ4n) is 1.02. The van der Waals surface area contributed by atoms with E-state index in [1.807, 2.05) is 11.8 Å². The lowest BCUT2D eigenvalue weighted by Crippen LogP contribution is -2.43. The van der Waals surface area contributed by atoms with Crippen LogP contribution >= 0.6 is 11.8 Å². The van der Waals surface area contributed by atoms with E-state index >= 15 is 0 Å². The van der Waals surface area contributed by atoms with Gasteiger partial charge < -0.3 is 4.43 Å². The number of rotatable bonds is 5. The molecule has 0 spiro atoms. The van der Waals surface area contributed by atoms with Gasteiger partial charge >= 0.3 is 0 Å². The fourth-order valence-corrected chi connectivity index (χ4v) is 3.07. The molecule has 0 heterocycles. The third-order valence-electron chi connectivity index (χ3n) is 3.03. The van der Waals surface area contributed by atoms with Crippen LogP contribution in [0.3, 0.4) is 0 Å². The first-order valence-corrected chi connectivity index (χ1v) is 9.67. The Balaban J connectivity index is 4.08. The summed E-state index contributed by atoms with van der Waals surface area (Å²) in [5.74, 6) is 1.20. The van der Waals surface area contributed by atoms with E-state index in [1.165, 1.54) is 12.2 Å². The average molecular weight is 234 g/mol. The monoisotopic (exact) mass is 234 g/mol. The third kappa shape index (κ3) is 4.85. The first kappa shape index (κ1) is 14.5. The van der Waals surface area contributed by atoms with Gasteiger partial charge in [-0.15, -0.1) is 0 Å². The molecule has 0 radical (unpaired) electrons. The van der Waals surface area contributed by atoms with E-state index in [1.54, 1.807) is 0 Å². The third-order valence-corrected chi connectivity index (χ3v) is 8.28. The van der Waals surface area contributed by atoms with Crippen molar-refractivity contribution in [3.05, 3.63) is 0 Å². The summed E-state index contributed by atoms with van der Waals surface area (Å²) in [5, 5.41) is 0.334. The number of thioether (sulfide) groups is 1. The van der Waals surface area contributed by atoms with Gasteiger partial charge in [0.2, 0.25) is 0 Å². The van der Waals surface area contributed by atoms with Crippen molar-refractivity contribution >= 4 is 20.1 Å². The van der Waals surface area contributed by atoms with Crippen molar-refractivity contribution in [3.63, 3.8) is 0 Å². The molecule has 0 aromatic heterocycles. The second-order valence-electron chi connectivity index (χ2n) is 5.47. The first-order valence-electron chi connectivity index (χ1n) is 5.37. The van der Waals surface area contributed by atoms with Crippen LogP contribution < -0.4 is 0 Å². The largest absolute Gasteiger partial charge is 0.414 e. The summed E-state index contributed by atoms with van der Waals surface area (Å²) >= 11 is 1.90. The summed E-state index contributed by atoms with van der Waals surface area (Å²) in [7, 11) is -1.53. The molecule has 0 aliphatic rings. The summed E-state index contributed by atoms with van der Waals surface area (Å²) in [6.45, 7) is 13.7. The van der Waals surface area contributed by atoms with E-state index in [9.17, 15) is 0 Å². The molecule has 14 heavy (non-hydrogen) atoms. The molecule has 1 atom stereocenters. The van der Waals surface area contributed by atoms with Crippen LogP contribution in [-0.4, -0.2) is 26.4 Å². The molecule has 86 valence electrons. The molecule has 0 aromatic carbocycles. The lowest BCUT2D eigenvalue weighted by atomic mass is 10.2. The second kappa shape index (κ2) is 5.57. The minimum atomic E-state index is -1.53. The Morgan fingerprint density at radius 1 is 1.29 bits per heavy atom. The summed E-state index contributed by atoms with van der Waals surface area (Å²) in [6, 6.07) is 0. The SMILES string of the molecule is CSCC[C@@H](C)O[Si](C)(C)C(C)(C)C. The van der Waals surface area contributed by atoms with Gasteiger partial charge in [0.05, 0.1) is 0 Å². The van der Waals surface area contributed by atoms with E-state index < -0.39 is 8.32 Å². The molecule has 0 aromatic rings. The lowest BCUT2D eigenvalue weighted by Gasteiger charge is -2.38. The van der Waals surface area contributed by atoms with Crippen LogP contribution in [0.2, 0.25) is 18.1 Å². The van der Waals surface area contributed by atoms with Gasteiger partial charge in [0, 0.05) is 6.10 Å². The Labute approximate surface area is 95.1 Å². The van der Waals surface area contributed by atoms with Gasteiger partial charge in [-0.05, 0) is 43.5 Å². The quantitative estimate of drug-likeness (QED) is 0.661. The van der Waals surface area contributed by atoms with Gasteiger partial charge in [-0.2, -0.15) is 11.8 Å². The summed E-state index contributed by atoms with van der Waals surface area (Å²) in [4.78, 5) is 0. The van der Waals surface area contributed by atoms with E-state index in [0.717, 1.165) is 0 Å². The molecule has 0 aliphatic heterocycles. The van der Waals surface area contributed by atoms with Crippen LogP contribution in [0, 0.1) is 0 Å². The van der Waals surface area contributed by atoms with Gasteiger partial charge in [-0.3, -0.25) is 0 Å². The zero-order chi connectivity index (χ0) is 11.4. The summed E-state index contributed by atoms with van der Waals surface area (Å²) < 4.78 is 6.23. The van der Waals surface area contributed by atoms with Crippen molar-refractivity contribution in [3.8, 4) is 0 Å². The van der Waals surface area contributed by atoms with Gasteiger partial charge in [-0.25, -0.2) is 0 Å². The smallest absolute Gasteiger partial charge is 0.192 e. The van der Waals surface area contributed by atoms with E-state index in [4.69, 9.17) is 4.43 Å². The Morgan fingerprint density at radius 2 is 1.79 bits per heavy atom. The highest BCUT2D eigenvalue weighted by Gasteiger charge is 2.38. The maximum atomic E-state index is 6.23. The van der Waals surface area contributed by atoms with Crippen molar-refractivity contribution in [1.82, 2.24) is 0 Å². The summed E-state index contributed by atoms with van der Waals surface area (Å²) in [5.41, 5.74) is 0. The normalized spacial score (nSPS) is 15.6. The molecular formula is C11H26OSSi. The zero-order valence-corrected chi connectivity index (χ0v) is 12.6. The highest BCUT2D eigenvalue weighted by atomic mass is 32.2. The zero-order valence-electron chi connectivity index (χ0n) is 10.8. The predicted octanol–water partition coefficient (Wildman–Crippen LogP) is 4.15. The highest BCUT2D eigenvalue weighted by molar-refractivity contribution is 7.98. The second-order valence-corrected chi connectivity index (χ2v) is 11.2. The molecule has 0 unspecified atom stereocenters. The molecule has 0 amide bonds. The van der Waals surface area contributed by atoms with Gasteiger partial charge in [0.1, 0.15) is 0 Å². The number of hydrogen-bond donors (Lipinski definition) is 0. The van der Waals surface area contributed by atoms with Crippen molar-refractivity contribution in [2.45, 2.75) is 58.4 Å². The molecule has 0 aliphatic carbocycles. The van der Waals surface area contributed by atoms with Crippen LogP contribution in [0.25, 0.3) is 0 Å².